The summed E-state index contributed by atoms with van der Waals surface area (Å²) in [6, 6.07) is 3.84. The number of hydrogen-bond acceptors (Lipinski definition) is 2. The van der Waals surface area contributed by atoms with Crippen LogP contribution >= 0.6 is 15.9 Å². The molecule has 1 amide bonds. The van der Waals surface area contributed by atoms with Gasteiger partial charge in [0.25, 0.3) is 11.7 Å². The molecule has 0 aromatic heterocycles. The number of alkyl halides is 1. The van der Waals surface area contributed by atoms with Crippen LogP contribution in [0.4, 0.5) is 10.1 Å². The third-order valence-electron chi connectivity index (χ3n) is 2.95. The summed E-state index contributed by atoms with van der Waals surface area (Å²) < 4.78 is 13.2. The summed E-state index contributed by atoms with van der Waals surface area (Å²) in [6.07, 6.45) is 2.79. The fourth-order valence-corrected chi connectivity index (χ4v) is 2.43. The molecule has 0 atom stereocenters. The van der Waals surface area contributed by atoms with Gasteiger partial charge in [0.05, 0.1) is 11.3 Å². The molecule has 0 bridgehead atoms. The van der Waals surface area contributed by atoms with E-state index in [-0.39, 0.29) is 0 Å². The van der Waals surface area contributed by atoms with Gasteiger partial charge in [-0.15, -0.1) is 0 Å². The summed E-state index contributed by atoms with van der Waals surface area (Å²) in [5.41, 5.74) is 0.714. The summed E-state index contributed by atoms with van der Waals surface area (Å²) >= 11 is 3.34. The Labute approximate surface area is 113 Å². The number of amides is 1. The number of rotatable bonds is 5. The first-order chi connectivity index (χ1) is 8.65. The topological polar surface area (TPSA) is 37.4 Å². The van der Waals surface area contributed by atoms with Crippen molar-refractivity contribution in [2.24, 2.45) is 0 Å². The van der Waals surface area contributed by atoms with Crippen LogP contribution in [0.15, 0.2) is 18.2 Å². The molecule has 5 heteroatoms. The van der Waals surface area contributed by atoms with E-state index in [1.54, 1.807) is 0 Å². The number of ketones is 1. The van der Waals surface area contributed by atoms with E-state index in [1.807, 2.05) is 0 Å². The van der Waals surface area contributed by atoms with Crippen LogP contribution in [0.3, 0.4) is 0 Å². The second-order valence-corrected chi connectivity index (χ2v) is 4.99. The van der Waals surface area contributed by atoms with E-state index in [0.717, 1.165) is 24.6 Å². The highest BCUT2D eigenvalue weighted by molar-refractivity contribution is 9.09. The van der Waals surface area contributed by atoms with Gasteiger partial charge in [0.1, 0.15) is 5.82 Å². The zero-order chi connectivity index (χ0) is 13.1. The lowest BCUT2D eigenvalue weighted by Gasteiger charge is -2.16. The smallest absolute Gasteiger partial charge is 0.299 e. The van der Waals surface area contributed by atoms with Crippen LogP contribution in [-0.2, 0) is 4.79 Å². The number of carbonyl (C=O) groups excluding carboxylic acids is 2. The predicted octanol–water partition coefficient (Wildman–Crippen LogP) is 2.92. The van der Waals surface area contributed by atoms with Crippen LogP contribution in [0.5, 0.6) is 0 Å². The van der Waals surface area contributed by atoms with Gasteiger partial charge in [-0.2, -0.15) is 0 Å². The lowest BCUT2D eigenvalue weighted by atomic mass is 10.1. The standard InChI is InChI=1S/C13H13BrFNO2/c14-6-2-1-3-7-16-11-8-9(15)4-5-10(11)12(17)13(16)18/h4-5,8H,1-3,6-7H2. The molecule has 18 heavy (non-hydrogen) atoms. The molecular formula is C13H13BrFNO2. The number of hydrogen-bond donors (Lipinski definition) is 0. The van der Waals surface area contributed by atoms with Crippen LogP contribution in [0.2, 0.25) is 0 Å². The molecule has 0 spiro atoms. The Morgan fingerprint density at radius 3 is 2.67 bits per heavy atom. The normalized spacial score (nSPS) is 14.2. The number of unbranched alkanes of at least 4 members (excludes halogenated alkanes) is 2. The van der Waals surface area contributed by atoms with E-state index < -0.39 is 17.5 Å². The maximum atomic E-state index is 13.2. The lowest BCUT2D eigenvalue weighted by Crippen LogP contribution is -2.30. The number of Topliss-reactive ketones (excluding diaryl/α,β-unsaturated/α-hetero) is 1. The van der Waals surface area contributed by atoms with Gasteiger partial charge >= 0.3 is 0 Å². The molecule has 0 fully saturated rings. The zero-order valence-corrected chi connectivity index (χ0v) is 11.4. The summed E-state index contributed by atoms with van der Waals surface area (Å²) in [5.74, 6) is -1.51. The van der Waals surface area contributed by atoms with Crippen molar-refractivity contribution in [2.45, 2.75) is 19.3 Å². The molecule has 0 aliphatic carbocycles. The van der Waals surface area contributed by atoms with Crippen molar-refractivity contribution in [3.8, 4) is 0 Å². The average Bonchev–Trinajstić information content (AvgIpc) is 2.59. The average molecular weight is 314 g/mol. The first kappa shape index (κ1) is 13.2. The Morgan fingerprint density at radius 2 is 1.94 bits per heavy atom. The second kappa shape index (κ2) is 5.61. The number of nitrogens with zero attached hydrogens (tertiary/aromatic N) is 1. The third-order valence-corrected chi connectivity index (χ3v) is 3.51. The van der Waals surface area contributed by atoms with Crippen molar-refractivity contribution >= 4 is 33.3 Å². The highest BCUT2D eigenvalue weighted by Crippen LogP contribution is 2.29. The lowest BCUT2D eigenvalue weighted by molar-refractivity contribution is -0.114. The first-order valence-electron chi connectivity index (χ1n) is 5.87. The summed E-state index contributed by atoms with van der Waals surface area (Å²) in [4.78, 5) is 24.9. The fraction of sp³-hybridized carbons (Fsp3) is 0.385. The van der Waals surface area contributed by atoms with Gasteiger partial charge in [-0.3, -0.25) is 9.59 Å². The number of benzene rings is 1. The number of carbonyl (C=O) groups is 2. The van der Waals surface area contributed by atoms with Crippen LogP contribution < -0.4 is 4.90 Å². The number of halogens is 2. The second-order valence-electron chi connectivity index (χ2n) is 4.20. The molecule has 0 saturated carbocycles. The molecule has 1 aromatic rings. The van der Waals surface area contributed by atoms with E-state index in [0.29, 0.717) is 17.8 Å². The Morgan fingerprint density at radius 1 is 1.17 bits per heavy atom. The summed E-state index contributed by atoms with van der Waals surface area (Å²) in [5, 5.41) is 0.922. The van der Waals surface area contributed by atoms with Crippen molar-refractivity contribution in [3.05, 3.63) is 29.6 Å². The van der Waals surface area contributed by atoms with Gasteiger partial charge in [0, 0.05) is 11.9 Å². The van der Waals surface area contributed by atoms with Crippen LogP contribution in [0, 0.1) is 5.82 Å². The molecule has 1 aliphatic heterocycles. The number of anilines is 1. The summed E-state index contributed by atoms with van der Waals surface area (Å²) in [6.45, 7) is 0.466. The molecule has 2 rings (SSSR count). The maximum Gasteiger partial charge on any atom is 0.299 e. The van der Waals surface area contributed by atoms with Crippen molar-refractivity contribution in [3.63, 3.8) is 0 Å². The monoisotopic (exact) mass is 313 g/mol. The SMILES string of the molecule is O=C1C(=O)N(CCCCCBr)c2cc(F)ccc21. The fourth-order valence-electron chi connectivity index (χ4n) is 2.03. The van der Waals surface area contributed by atoms with Crippen LogP contribution in [-0.4, -0.2) is 23.6 Å². The molecule has 0 N–H and O–H groups in total. The molecular weight excluding hydrogens is 301 g/mol. The Balaban J connectivity index is 2.14. The van der Waals surface area contributed by atoms with E-state index in [9.17, 15) is 14.0 Å². The van der Waals surface area contributed by atoms with Crippen molar-refractivity contribution in [2.75, 3.05) is 16.8 Å². The largest absolute Gasteiger partial charge is 0.305 e. The van der Waals surface area contributed by atoms with Gasteiger partial charge in [0.15, 0.2) is 0 Å². The minimum Gasteiger partial charge on any atom is -0.305 e. The van der Waals surface area contributed by atoms with Gasteiger partial charge < -0.3 is 4.90 Å². The van der Waals surface area contributed by atoms with Gasteiger partial charge in [0.2, 0.25) is 0 Å². The van der Waals surface area contributed by atoms with E-state index in [2.05, 4.69) is 15.9 Å². The molecule has 1 heterocycles. The highest BCUT2D eigenvalue weighted by atomic mass is 79.9. The van der Waals surface area contributed by atoms with E-state index in [4.69, 9.17) is 0 Å². The highest BCUT2D eigenvalue weighted by Gasteiger charge is 2.35. The Kier molecular flexibility index (Phi) is 4.11. The van der Waals surface area contributed by atoms with Crippen molar-refractivity contribution in [1.29, 1.82) is 0 Å². The third kappa shape index (κ3) is 2.46. The minimum absolute atomic E-state index is 0.307. The Hall–Kier alpha value is -1.23. The maximum absolute atomic E-state index is 13.2. The molecule has 0 saturated heterocycles. The minimum atomic E-state index is -0.547. The van der Waals surface area contributed by atoms with Gasteiger partial charge in [-0.1, -0.05) is 22.4 Å². The first-order valence-corrected chi connectivity index (χ1v) is 6.99. The molecule has 1 aromatic carbocycles. The number of fused-ring (bicyclic) bond motifs is 1. The van der Waals surface area contributed by atoms with E-state index in [1.165, 1.54) is 23.1 Å². The molecule has 3 nitrogen and oxygen atoms in total. The van der Waals surface area contributed by atoms with Gasteiger partial charge in [-0.05, 0) is 31.0 Å². The zero-order valence-electron chi connectivity index (χ0n) is 9.79. The molecule has 1 aliphatic rings. The van der Waals surface area contributed by atoms with Crippen LogP contribution in [0.1, 0.15) is 29.6 Å². The van der Waals surface area contributed by atoms with Gasteiger partial charge in [-0.25, -0.2) is 4.39 Å². The molecule has 0 radical (unpaired) electrons. The van der Waals surface area contributed by atoms with Crippen molar-refractivity contribution in [1.82, 2.24) is 0 Å². The quantitative estimate of drug-likeness (QED) is 0.476. The summed E-state index contributed by atoms with van der Waals surface area (Å²) in [7, 11) is 0. The molecule has 0 unspecified atom stereocenters. The van der Waals surface area contributed by atoms with Crippen molar-refractivity contribution < 1.29 is 14.0 Å². The van der Waals surface area contributed by atoms with Crippen LogP contribution in [0.25, 0.3) is 0 Å². The molecule has 96 valence electrons. The van der Waals surface area contributed by atoms with E-state index >= 15 is 0 Å². The Bertz CT molecular complexity index is 490. The predicted molar refractivity (Wildman–Crippen MR) is 70.7 cm³/mol.